The van der Waals surface area contributed by atoms with Crippen molar-refractivity contribution in [2.45, 2.75) is 0 Å². The highest BCUT2D eigenvalue weighted by Gasteiger charge is 2.52. The van der Waals surface area contributed by atoms with Gasteiger partial charge in [-0.25, -0.2) is 92.6 Å². The van der Waals surface area contributed by atoms with Crippen LogP contribution in [0.2, 0.25) is 0 Å². The van der Waals surface area contributed by atoms with Gasteiger partial charge >= 0.3 is 0 Å². The summed E-state index contributed by atoms with van der Waals surface area (Å²) in [5.41, 5.74) is -14.3. The molecule has 0 aliphatic carbocycles. The summed E-state index contributed by atoms with van der Waals surface area (Å²) >= 11 is 0. The number of hydrogen-bond acceptors (Lipinski definition) is 1. The molecule has 2 nitrogen and oxygen atoms in total. The van der Waals surface area contributed by atoms with Crippen molar-refractivity contribution < 1.29 is 102 Å². The Morgan fingerprint density at radius 1 is 0.345 bits per heavy atom. The van der Waals surface area contributed by atoms with Crippen LogP contribution in [0.15, 0.2) is 42.7 Å². The summed E-state index contributed by atoms with van der Waals surface area (Å²) in [6.07, 6.45) is -3.79. The molecule has 0 radical (unpaired) electrons. The Morgan fingerprint density at radius 3 is 0.845 bits per heavy atom. The molecule has 6 aromatic rings. The highest BCUT2D eigenvalue weighted by molar-refractivity contribution is 7.20. The molecule has 1 heterocycles. The molecular weight excluding hydrogens is 848 g/mol. The molecule has 5 aromatic carbocycles. The number of halogens is 21. The fraction of sp³-hybridized carbons (Fsp3) is 0.0294. The van der Waals surface area contributed by atoms with Crippen molar-refractivity contribution in [1.82, 2.24) is 0 Å². The molecule has 0 atom stereocenters. The minimum absolute atomic E-state index is 0.816. The third-order valence-electron chi connectivity index (χ3n) is 8.57. The van der Waals surface area contributed by atoms with Gasteiger partial charge in [-0.05, 0) is 11.5 Å². The van der Waals surface area contributed by atoms with Crippen LogP contribution in [0.1, 0.15) is 0 Å². The summed E-state index contributed by atoms with van der Waals surface area (Å²) in [5, 5.41) is 2.14. The van der Waals surface area contributed by atoms with Crippen molar-refractivity contribution in [1.29, 1.82) is 0 Å². The fourth-order valence-corrected chi connectivity index (χ4v) is 6.12. The molecule has 24 heteroatoms. The van der Waals surface area contributed by atoms with Crippen molar-refractivity contribution in [2.75, 3.05) is 6.86 Å². The highest BCUT2D eigenvalue weighted by atomic mass is 19.2. The predicted octanol–water partition coefficient (Wildman–Crippen LogP) is 7.33. The second-order valence-electron chi connectivity index (χ2n) is 11.5. The Labute approximate surface area is 306 Å². The second kappa shape index (κ2) is 15.7. The molecular formula is C34H9BF21NO. The monoisotopic (exact) mass is 857 g/mol. The smallest absolute Gasteiger partial charge is 0.238 e. The van der Waals surface area contributed by atoms with Crippen molar-refractivity contribution in [3.8, 4) is 0 Å². The van der Waals surface area contributed by atoms with E-state index in [-0.39, 0.29) is 0 Å². The van der Waals surface area contributed by atoms with Gasteiger partial charge in [0.05, 0.1) is 5.39 Å². The maximum atomic E-state index is 15.4. The zero-order chi connectivity index (χ0) is 43.5. The minimum atomic E-state index is -7.22. The van der Waals surface area contributed by atoms with Crippen LogP contribution in [-0.2, 0) is 0 Å². The zero-order valence-electron chi connectivity index (χ0n) is 27.1. The first kappa shape index (κ1) is 43.0. The van der Waals surface area contributed by atoms with Crippen LogP contribution in [0.5, 0.6) is 0 Å². The molecule has 0 saturated heterocycles. The SMILES string of the molecule is FCO[n+]1ccc2ccccc2c1.Fc1c(F)c(F)c([B-](c2c(F)c(F)c(F)c(F)c2F)(c2c(F)c(F)c(F)c(F)c2F)c2c(F)c(F)c(F)c(F)c2F)c(F)c1F. The lowest BCUT2D eigenvalue weighted by atomic mass is 9.12. The number of hydrogen-bond donors (Lipinski definition) is 0. The van der Waals surface area contributed by atoms with E-state index in [1.807, 2.05) is 30.3 Å². The third-order valence-corrected chi connectivity index (χ3v) is 8.57. The van der Waals surface area contributed by atoms with Crippen LogP contribution in [0.4, 0.5) is 92.2 Å². The average molecular weight is 857 g/mol. The summed E-state index contributed by atoms with van der Waals surface area (Å²) in [4.78, 5) is 4.66. The molecule has 0 bridgehead atoms. The molecule has 0 amide bonds. The van der Waals surface area contributed by atoms with Crippen LogP contribution in [0, 0.1) is 116 Å². The van der Waals surface area contributed by atoms with Crippen molar-refractivity contribution in [3.05, 3.63) is 159 Å². The van der Waals surface area contributed by atoms with E-state index in [0.29, 0.717) is 0 Å². The summed E-state index contributed by atoms with van der Waals surface area (Å²) < 4.78 is 307. The van der Waals surface area contributed by atoms with Gasteiger partial charge in [-0.15, -0.1) is 21.9 Å². The topological polar surface area (TPSA) is 13.1 Å². The van der Waals surface area contributed by atoms with Gasteiger partial charge in [0.25, 0.3) is 6.86 Å². The number of benzene rings is 5. The predicted molar refractivity (Wildman–Crippen MR) is 156 cm³/mol. The van der Waals surface area contributed by atoms with E-state index in [4.69, 9.17) is 0 Å². The number of pyridine rings is 1. The van der Waals surface area contributed by atoms with Crippen LogP contribution >= 0.6 is 0 Å². The summed E-state index contributed by atoms with van der Waals surface area (Å²) in [7, 11) is 0. The molecule has 0 saturated carbocycles. The quantitative estimate of drug-likeness (QED) is 0.0563. The van der Waals surface area contributed by atoms with Crippen LogP contribution < -0.4 is 31.4 Å². The number of alkyl halides is 1. The first-order valence-electron chi connectivity index (χ1n) is 14.9. The van der Waals surface area contributed by atoms with Crippen LogP contribution in [0.3, 0.4) is 0 Å². The van der Waals surface area contributed by atoms with Gasteiger partial charge in [0.15, 0.2) is 69.8 Å². The van der Waals surface area contributed by atoms with E-state index in [1.54, 1.807) is 12.4 Å². The average Bonchev–Trinajstić information content (AvgIpc) is 3.21. The summed E-state index contributed by atoms with van der Waals surface area (Å²) in [5.74, 6) is -71.4. The molecule has 0 fully saturated rings. The molecule has 306 valence electrons. The largest absolute Gasteiger partial charge is 0.297 e. The van der Waals surface area contributed by atoms with Gasteiger partial charge < -0.3 is 0 Å². The van der Waals surface area contributed by atoms with Crippen LogP contribution in [-0.4, -0.2) is 13.0 Å². The first-order valence-corrected chi connectivity index (χ1v) is 14.9. The molecule has 6 rings (SSSR count). The lowest BCUT2D eigenvalue weighted by Crippen LogP contribution is -2.81. The molecule has 1 aromatic heterocycles. The number of fused-ring (bicyclic) bond motifs is 1. The molecule has 0 aliphatic rings. The number of rotatable bonds is 6. The standard InChI is InChI=1S/C24BF20.C10H9FNO/c26-5-1(6(27)14(35)21(42)13(5)34)25(2-7(28)15(36)22(43)16(37)8(2)29,3-9(30)17(38)23(44)18(39)10(3)31)4-11(32)19(40)24(45)20(41)12(4)33;11-8-13-12-6-5-9-3-1-2-4-10(9)7-12/h;1-7H,8H2/q-1;+1. The van der Waals surface area contributed by atoms with E-state index < -0.39 is 151 Å². The van der Waals surface area contributed by atoms with Gasteiger partial charge in [0.2, 0.25) is 12.4 Å². The highest BCUT2D eigenvalue weighted by Crippen LogP contribution is 2.30. The lowest BCUT2D eigenvalue weighted by molar-refractivity contribution is -0.894. The van der Waals surface area contributed by atoms with Crippen molar-refractivity contribution in [3.63, 3.8) is 0 Å². The van der Waals surface area contributed by atoms with E-state index in [9.17, 15) is 57.1 Å². The van der Waals surface area contributed by atoms with Gasteiger partial charge in [-0.1, -0.05) is 18.2 Å². The fourth-order valence-electron chi connectivity index (χ4n) is 6.12. The zero-order valence-corrected chi connectivity index (χ0v) is 27.1. The summed E-state index contributed by atoms with van der Waals surface area (Å²) in [6, 6.07) is 9.72. The van der Waals surface area contributed by atoms with Gasteiger partial charge in [0.1, 0.15) is 52.7 Å². The Balaban J connectivity index is 0.000000414. The second-order valence-corrected chi connectivity index (χ2v) is 11.5. The molecule has 58 heavy (non-hydrogen) atoms. The lowest BCUT2D eigenvalue weighted by Gasteiger charge is -2.44. The Kier molecular flexibility index (Phi) is 11.6. The maximum absolute atomic E-state index is 15.4. The number of aromatic nitrogens is 1. The van der Waals surface area contributed by atoms with Crippen LogP contribution in [0.25, 0.3) is 10.8 Å². The Bertz CT molecular complexity index is 2270. The summed E-state index contributed by atoms with van der Waals surface area (Å²) in [6.45, 7) is -0.816. The normalized spacial score (nSPS) is 11.6. The Morgan fingerprint density at radius 2 is 0.586 bits per heavy atom. The molecule has 0 aliphatic heterocycles. The van der Waals surface area contributed by atoms with E-state index in [1.165, 1.54) is 4.73 Å². The maximum Gasteiger partial charge on any atom is 0.297 e. The molecule has 0 spiro atoms. The Hall–Kier alpha value is -6.10. The first-order chi connectivity index (χ1) is 27.1. The van der Waals surface area contributed by atoms with E-state index in [2.05, 4.69) is 4.84 Å². The number of nitrogens with zero attached hydrogens (tertiary/aromatic N) is 1. The van der Waals surface area contributed by atoms with Gasteiger partial charge in [0, 0.05) is 10.8 Å². The van der Waals surface area contributed by atoms with Gasteiger partial charge in [-0.2, -0.15) is 4.39 Å². The van der Waals surface area contributed by atoms with Gasteiger partial charge in [-0.3, -0.25) is 0 Å². The van der Waals surface area contributed by atoms with E-state index >= 15 is 35.1 Å². The molecule has 0 N–H and O–H groups in total. The van der Waals surface area contributed by atoms with Crippen molar-refractivity contribution in [2.24, 2.45) is 0 Å². The van der Waals surface area contributed by atoms with E-state index in [0.717, 1.165) is 10.8 Å². The third kappa shape index (κ3) is 6.37. The minimum Gasteiger partial charge on any atom is -0.238 e. The molecule has 0 unspecified atom stereocenters. The van der Waals surface area contributed by atoms with Crippen molar-refractivity contribution >= 4 is 38.8 Å².